The highest BCUT2D eigenvalue weighted by Gasteiger charge is 2.22. The van der Waals surface area contributed by atoms with Gasteiger partial charge in [0.15, 0.2) is 11.4 Å². The summed E-state index contributed by atoms with van der Waals surface area (Å²) < 4.78 is 175. The number of hydrogen-bond acceptors (Lipinski definition) is 4. The van der Waals surface area contributed by atoms with Crippen molar-refractivity contribution in [3.63, 3.8) is 0 Å². The summed E-state index contributed by atoms with van der Waals surface area (Å²) in [4.78, 5) is 13.4. The third-order valence-electron chi connectivity index (χ3n) is 10.4. The molecule has 0 atom stereocenters. The fraction of sp³-hybridized carbons (Fsp3) is 0.262. The van der Waals surface area contributed by atoms with Crippen LogP contribution in [0.2, 0.25) is 0 Å². The number of para-hydroxylation sites is 1. The van der Waals surface area contributed by atoms with Crippen molar-refractivity contribution in [1.29, 1.82) is 0 Å². The van der Waals surface area contributed by atoms with Crippen LogP contribution in [0.15, 0.2) is 163 Å². The van der Waals surface area contributed by atoms with Gasteiger partial charge in [0.1, 0.15) is 5.58 Å². The zero-order chi connectivity index (χ0) is 60.2. The highest BCUT2D eigenvalue weighted by atomic mass is 19.1. The molecule has 0 aliphatic heterocycles. The predicted molar refractivity (Wildman–Crippen MR) is 271 cm³/mol. The number of hydrogen-bond donors (Lipinski definition) is 0. The number of rotatable bonds is 14. The fourth-order valence-corrected chi connectivity index (χ4v) is 7.51. The second kappa shape index (κ2) is 19.0. The molecule has 0 fully saturated rings. The lowest BCUT2D eigenvalue weighted by Gasteiger charge is -2.21. The predicted octanol–water partition coefficient (Wildman–Crippen LogP) is 15.4. The monoisotopic (exact) mass is 886 g/mol. The number of nitrogens with zero attached hydrogens (tertiary/aromatic N) is 3. The standard InChI is InChI=1S/C61H60FN3O/c1-60(2,3)36-48-28-29-52-51-18-13-19-53(58(51)66-59(52)57(48)62)56-35-50(37-61(4,5)6)49(40-65-56)27-24-45-33-43(22-20-41-25-30-54(63-38-41)46-14-9-7-10-15-46)32-44(34-45)23-21-42-26-31-55(64-39-42)47-16-11-8-12-17-47/h7-19,25-26,28-35,38-40H,20-24,27,36-37H2,1-6H3/i20D2,21D2,22D2,23D2,24D2,27D2,36D2,37D2. The van der Waals surface area contributed by atoms with Crippen molar-refractivity contribution in [3.05, 3.63) is 208 Å². The molecule has 66 heavy (non-hydrogen) atoms. The summed E-state index contributed by atoms with van der Waals surface area (Å²) in [6.07, 6.45) is -20.5. The summed E-state index contributed by atoms with van der Waals surface area (Å²) in [5.41, 5.74) is -3.67. The highest BCUT2D eigenvalue weighted by molar-refractivity contribution is 6.09. The molecule has 0 N–H and O–H groups in total. The molecule has 5 aromatic carbocycles. The van der Waals surface area contributed by atoms with E-state index in [0.717, 1.165) is 36.8 Å². The number of halogens is 1. The first-order valence-corrected chi connectivity index (χ1v) is 21.8. The van der Waals surface area contributed by atoms with Crippen molar-refractivity contribution < 1.29 is 30.7 Å². The van der Waals surface area contributed by atoms with E-state index in [-0.39, 0.29) is 44.7 Å². The molecule has 0 aliphatic carbocycles. The molecule has 0 saturated carbocycles. The van der Waals surface area contributed by atoms with E-state index >= 15 is 4.39 Å². The van der Waals surface area contributed by atoms with E-state index in [2.05, 4.69) is 15.0 Å². The van der Waals surface area contributed by atoms with Gasteiger partial charge in [-0.1, -0.05) is 151 Å². The summed E-state index contributed by atoms with van der Waals surface area (Å²) >= 11 is 0. The van der Waals surface area contributed by atoms with Crippen LogP contribution in [0.25, 0.3) is 55.7 Å². The lowest BCUT2D eigenvalue weighted by molar-refractivity contribution is 0.402. The van der Waals surface area contributed by atoms with E-state index in [1.807, 2.05) is 12.1 Å². The molecule has 0 radical (unpaired) electrons. The number of aryl methyl sites for hydroxylation is 6. The van der Waals surface area contributed by atoms with E-state index < -0.39 is 89.9 Å². The highest BCUT2D eigenvalue weighted by Crippen LogP contribution is 2.39. The number of furan rings is 1. The zero-order valence-corrected chi connectivity index (χ0v) is 37.6. The molecule has 332 valence electrons. The lowest BCUT2D eigenvalue weighted by atomic mass is 9.85. The molecule has 0 spiro atoms. The topological polar surface area (TPSA) is 51.8 Å². The average molecular weight is 886 g/mol. The molecule has 0 unspecified atom stereocenters. The Morgan fingerprint density at radius 2 is 0.939 bits per heavy atom. The molecule has 0 saturated heterocycles. The van der Waals surface area contributed by atoms with Crippen LogP contribution in [-0.4, -0.2) is 15.0 Å². The number of fused-ring (bicyclic) bond motifs is 3. The molecular weight excluding hydrogens is 810 g/mol. The van der Waals surface area contributed by atoms with Crippen LogP contribution in [0.5, 0.6) is 0 Å². The van der Waals surface area contributed by atoms with Gasteiger partial charge in [0, 0.05) is 68.0 Å². The van der Waals surface area contributed by atoms with Crippen LogP contribution < -0.4 is 0 Å². The van der Waals surface area contributed by atoms with Gasteiger partial charge in [-0.25, -0.2) is 4.39 Å². The Morgan fingerprint density at radius 1 is 0.439 bits per heavy atom. The first-order chi connectivity index (χ1) is 37.9. The normalized spacial score (nSPS) is 17.4. The van der Waals surface area contributed by atoms with Crippen LogP contribution in [0.3, 0.4) is 0 Å². The maximum atomic E-state index is 16.5. The second-order valence-electron chi connectivity index (χ2n) is 18.1. The van der Waals surface area contributed by atoms with Gasteiger partial charge >= 0.3 is 0 Å². The van der Waals surface area contributed by atoms with Crippen molar-refractivity contribution in [1.82, 2.24) is 15.0 Å². The summed E-state index contributed by atoms with van der Waals surface area (Å²) in [6.45, 7) is 9.65. The number of aromatic nitrogens is 3. The molecule has 0 aliphatic rings. The first-order valence-electron chi connectivity index (χ1n) is 29.8. The molecule has 0 bridgehead atoms. The van der Waals surface area contributed by atoms with Crippen LogP contribution in [-0.2, 0) is 51.0 Å². The van der Waals surface area contributed by atoms with Gasteiger partial charge in [-0.3, -0.25) is 15.0 Å². The third kappa shape index (κ3) is 10.7. The first kappa shape index (κ1) is 29.0. The van der Waals surface area contributed by atoms with E-state index in [0.29, 0.717) is 33.3 Å². The summed E-state index contributed by atoms with van der Waals surface area (Å²) in [5, 5.41) is 0.734. The second-order valence-corrected chi connectivity index (χ2v) is 18.1. The van der Waals surface area contributed by atoms with Crippen LogP contribution in [0, 0.1) is 16.6 Å². The van der Waals surface area contributed by atoms with Gasteiger partial charge in [-0.15, -0.1) is 0 Å². The largest absolute Gasteiger partial charge is 0.452 e. The molecular formula is C61H60FN3O. The Kier molecular flexibility index (Phi) is 8.36. The molecule has 4 nitrogen and oxygen atoms in total. The zero-order valence-electron chi connectivity index (χ0n) is 53.6. The van der Waals surface area contributed by atoms with E-state index in [4.69, 9.17) is 7.16 Å². The minimum absolute atomic E-state index is 0.0197. The van der Waals surface area contributed by atoms with Crippen molar-refractivity contribution in [2.45, 2.75) is 92.5 Å². The Balaban J connectivity index is 1.21. The number of pyridine rings is 3. The van der Waals surface area contributed by atoms with E-state index in [1.165, 1.54) is 36.4 Å². The van der Waals surface area contributed by atoms with E-state index in [1.54, 1.807) is 114 Å². The minimum Gasteiger partial charge on any atom is -0.452 e. The fourth-order valence-electron chi connectivity index (χ4n) is 7.51. The maximum Gasteiger partial charge on any atom is 0.171 e. The maximum absolute atomic E-state index is 16.5. The average Bonchev–Trinajstić information content (AvgIpc) is 3.94. The van der Waals surface area contributed by atoms with Crippen LogP contribution >= 0.6 is 0 Å². The van der Waals surface area contributed by atoms with E-state index in [9.17, 15) is 19.2 Å². The summed E-state index contributed by atoms with van der Waals surface area (Å²) in [5.74, 6) is -0.910. The molecule has 9 aromatic rings. The number of benzene rings is 5. The van der Waals surface area contributed by atoms with Gasteiger partial charge in [0.2, 0.25) is 0 Å². The van der Waals surface area contributed by atoms with Gasteiger partial charge in [-0.2, -0.15) is 0 Å². The third-order valence-corrected chi connectivity index (χ3v) is 10.4. The SMILES string of the molecule is [2H]C([2H])(c1cc(-c2cccc3c2oc2c(F)c(C([2H])([2H])C(C)(C)C)ccc23)ncc1C([2H])([2H])C([2H])([2H])c1cc(C([2H])([2H])C([2H])([2H])c2ccc(-c3ccccc3)nc2)cc(C([2H])([2H])C([2H])([2H])c2ccc(-c3ccccc3)nc2)c1)C(C)(C)C. The lowest BCUT2D eigenvalue weighted by Crippen LogP contribution is -2.12. The van der Waals surface area contributed by atoms with Crippen LogP contribution in [0.4, 0.5) is 4.39 Å². The molecule has 0 amide bonds. The van der Waals surface area contributed by atoms with Crippen molar-refractivity contribution in [3.8, 4) is 33.8 Å². The summed E-state index contributed by atoms with van der Waals surface area (Å²) in [7, 11) is 0. The van der Waals surface area contributed by atoms with Crippen molar-refractivity contribution in [2.24, 2.45) is 10.8 Å². The Labute approximate surface area is 412 Å². The van der Waals surface area contributed by atoms with Crippen molar-refractivity contribution >= 4 is 21.9 Å². The van der Waals surface area contributed by atoms with Gasteiger partial charge in [0.05, 0.1) is 17.1 Å². The molecule has 5 heteroatoms. The van der Waals surface area contributed by atoms with Crippen molar-refractivity contribution in [2.75, 3.05) is 0 Å². The van der Waals surface area contributed by atoms with Gasteiger partial charge in [-0.05, 0) is 137 Å². The quantitative estimate of drug-likeness (QED) is 0.109. The molecule has 4 heterocycles. The van der Waals surface area contributed by atoms with Gasteiger partial charge in [0.25, 0.3) is 0 Å². The smallest absolute Gasteiger partial charge is 0.171 e. The Hall–Kier alpha value is -6.72. The van der Waals surface area contributed by atoms with Crippen LogP contribution in [0.1, 0.15) is 108 Å². The van der Waals surface area contributed by atoms with Gasteiger partial charge < -0.3 is 4.42 Å². The molecule has 9 rings (SSSR count). The minimum atomic E-state index is -3.40. The Bertz CT molecular complexity index is 3730. The Morgan fingerprint density at radius 3 is 1.47 bits per heavy atom. The summed E-state index contributed by atoms with van der Waals surface area (Å²) in [6, 6.07) is 35.4. The molecule has 4 aromatic heterocycles.